The van der Waals surface area contributed by atoms with Gasteiger partial charge in [-0.25, -0.2) is 4.79 Å². The molecule has 1 aliphatic heterocycles. The Labute approximate surface area is 230 Å². The standard InChI is InChI=1S/C28H30O12/c1-16(30)35-15-26-24(37-17(2)31)12-25(38-18(3)32)28(40-26)39-23-7-5-6-22(21(23)13-29)36-14-19-8-10-20(11-9-19)27(33)34-4/h5-11,13,24-26,28H,12,14-15H2,1-4H3/t24-,25+,26+,28?/m0/s1. The Bertz CT molecular complexity index is 1220. The predicted octanol–water partition coefficient (Wildman–Crippen LogP) is 2.79. The van der Waals surface area contributed by atoms with Gasteiger partial charge in [-0.2, -0.15) is 0 Å². The Morgan fingerprint density at radius 3 is 2.15 bits per heavy atom. The molecule has 1 unspecified atom stereocenters. The number of carbonyl (C=O) groups excluding carboxylic acids is 5. The molecule has 3 rings (SSSR count). The van der Waals surface area contributed by atoms with Crippen LogP contribution in [0.15, 0.2) is 42.5 Å². The molecule has 0 aliphatic carbocycles. The topological polar surface area (TPSA) is 150 Å². The van der Waals surface area contributed by atoms with Gasteiger partial charge in [0.1, 0.15) is 36.9 Å². The normalized spacial score (nSPS) is 20.0. The maximum Gasteiger partial charge on any atom is 0.337 e. The Balaban J connectivity index is 1.81. The van der Waals surface area contributed by atoms with Gasteiger partial charge < -0.3 is 33.2 Å². The summed E-state index contributed by atoms with van der Waals surface area (Å²) < 4.78 is 38.2. The molecular formula is C28H30O12. The lowest BCUT2D eigenvalue weighted by molar-refractivity contribution is -0.253. The number of hydrogen-bond donors (Lipinski definition) is 0. The first-order valence-electron chi connectivity index (χ1n) is 12.3. The first-order valence-corrected chi connectivity index (χ1v) is 12.3. The van der Waals surface area contributed by atoms with E-state index in [0.29, 0.717) is 11.8 Å². The molecule has 12 heteroatoms. The molecule has 2 aromatic carbocycles. The first-order chi connectivity index (χ1) is 19.1. The molecule has 1 heterocycles. The van der Waals surface area contributed by atoms with Crippen LogP contribution in [0, 0.1) is 0 Å². The quantitative estimate of drug-likeness (QED) is 0.227. The van der Waals surface area contributed by atoms with Gasteiger partial charge >= 0.3 is 23.9 Å². The van der Waals surface area contributed by atoms with E-state index in [9.17, 15) is 24.0 Å². The van der Waals surface area contributed by atoms with E-state index in [1.165, 1.54) is 33.9 Å². The minimum atomic E-state index is -1.24. The second-order valence-electron chi connectivity index (χ2n) is 8.76. The summed E-state index contributed by atoms with van der Waals surface area (Å²) in [5, 5.41) is 0. The van der Waals surface area contributed by atoms with E-state index in [2.05, 4.69) is 4.74 Å². The largest absolute Gasteiger partial charge is 0.488 e. The molecule has 2 aromatic rings. The molecule has 40 heavy (non-hydrogen) atoms. The van der Waals surface area contributed by atoms with Crippen LogP contribution in [0.3, 0.4) is 0 Å². The van der Waals surface area contributed by atoms with Crippen LogP contribution in [-0.2, 0) is 44.7 Å². The Morgan fingerprint density at radius 2 is 1.55 bits per heavy atom. The molecule has 0 radical (unpaired) electrons. The van der Waals surface area contributed by atoms with Gasteiger partial charge in [0, 0.05) is 27.2 Å². The third kappa shape index (κ3) is 8.27. The second kappa shape index (κ2) is 14.1. The molecule has 12 nitrogen and oxygen atoms in total. The molecule has 0 spiro atoms. The van der Waals surface area contributed by atoms with Crippen molar-refractivity contribution in [3.63, 3.8) is 0 Å². The number of aldehydes is 1. The van der Waals surface area contributed by atoms with Crippen molar-refractivity contribution < 1.29 is 57.1 Å². The summed E-state index contributed by atoms with van der Waals surface area (Å²) in [5.74, 6) is -1.99. The number of rotatable bonds is 11. The van der Waals surface area contributed by atoms with E-state index in [-0.39, 0.29) is 36.7 Å². The highest BCUT2D eigenvalue weighted by Crippen LogP contribution is 2.32. The molecule has 0 amide bonds. The summed E-state index contributed by atoms with van der Waals surface area (Å²) in [6, 6.07) is 11.2. The van der Waals surface area contributed by atoms with E-state index in [4.69, 9.17) is 28.4 Å². The lowest BCUT2D eigenvalue weighted by atomic mass is 10.0. The summed E-state index contributed by atoms with van der Waals surface area (Å²) in [6.07, 6.45) is -3.55. The van der Waals surface area contributed by atoms with E-state index in [0.717, 1.165) is 5.56 Å². The number of methoxy groups -OCH3 is 1. The van der Waals surface area contributed by atoms with Crippen molar-refractivity contribution >= 4 is 30.2 Å². The van der Waals surface area contributed by atoms with Gasteiger partial charge in [0.2, 0.25) is 6.29 Å². The van der Waals surface area contributed by atoms with E-state index < -0.39 is 48.5 Å². The van der Waals surface area contributed by atoms with Gasteiger partial charge in [-0.3, -0.25) is 19.2 Å². The van der Waals surface area contributed by atoms with Gasteiger partial charge in [0.05, 0.1) is 18.2 Å². The molecule has 1 aliphatic rings. The average Bonchev–Trinajstić information content (AvgIpc) is 2.91. The van der Waals surface area contributed by atoms with Gasteiger partial charge in [0.15, 0.2) is 12.4 Å². The van der Waals surface area contributed by atoms with E-state index >= 15 is 0 Å². The maximum atomic E-state index is 12.1. The lowest BCUT2D eigenvalue weighted by Gasteiger charge is -2.39. The molecule has 1 saturated heterocycles. The summed E-state index contributed by atoms with van der Waals surface area (Å²) >= 11 is 0. The lowest BCUT2D eigenvalue weighted by Crippen LogP contribution is -2.54. The smallest absolute Gasteiger partial charge is 0.337 e. The predicted molar refractivity (Wildman–Crippen MR) is 136 cm³/mol. The van der Waals surface area contributed by atoms with Crippen molar-refractivity contribution in [1.29, 1.82) is 0 Å². The SMILES string of the molecule is COC(=O)c1ccc(COc2cccc(OC3O[C@H](COC(C)=O)[C@@H](OC(C)=O)C[C@H]3OC(C)=O)c2C=O)cc1. The van der Waals surface area contributed by atoms with Crippen LogP contribution in [-0.4, -0.2) is 68.5 Å². The molecule has 0 aromatic heterocycles. The molecular weight excluding hydrogens is 528 g/mol. The van der Waals surface area contributed by atoms with Crippen LogP contribution < -0.4 is 9.47 Å². The number of carbonyl (C=O) groups is 5. The minimum Gasteiger partial charge on any atom is -0.488 e. The van der Waals surface area contributed by atoms with Gasteiger partial charge in [0.25, 0.3) is 0 Å². The molecule has 0 saturated carbocycles. The number of benzene rings is 2. The third-order valence-electron chi connectivity index (χ3n) is 5.73. The van der Waals surface area contributed by atoms with Crippen LogP contribution in [0.5, 0.6) is 11.5 Å². The maximum absolute atomic E-state index is 12.1. The van der Waals surface area contributed by atoms with Gasteiger partial charge in [-0.05, 0) is 29.8 Å². The Morgan fingerprint density at radius 1 is 0.900 bits per heavy atom. The zero-order valence-electron chi connectivity index (χ0n) is 22.4. The average molecular weight is 559 g/mol. The summed E-state index contributed by atoms with van der Waals surface area (Å²) in [6.45, 7) is 3.46. The first kappa shape index (κ1) is 30.1. The zero-order valence-corrected chi connectivity index (χ0v) is 22.4. The molecule has 1 fully saturated rings. The molecule has 214 valence electrons. The van der Waals surface area contributed by atoms with Crippen molar-refractivity contribution in [2.75, 3.05) is 13.7 Å². The van der Waals surface area contributed by atoms with Crippen LogP contribution in [0.4, 0.5) is 0 Å². The number of hydrogen-bond acceptors (Lipinski definition) is 12. The van der Waals surface area contributed by atoms with Crippen LogP contribution in [0.2, 0.25) is 0 Å². The molecule has 0 bridgehead atoms. The second-order valence-corrected chi connectivity index (χ2v) is 8.76. The van der Waals surface area contributed by atoms with Gasteiger partial charge in [-0.15, -0.1) is 0 Å². The minimum absolute atomic E-state index is 0.00998. The number of ether oxygens (including phenoxy) is 7. The van der Waals surface area contributed by atoms with Crippen molar-refractivity contribution in [3.05, 3.63) is 59.2 Å². The highest BCUT2D eigenvalue weighted by molar-refractivity contribution is 5.89. The zero-order chi connectivity index (χ0) is 29.2. The molecule has 0 N–H and O–H groups in total. The van der Waals surface area contributed by atoms with Crippen molar-refractivity contribution in [1.82, 2.24) is 0 Å². The Hall–Kier alpha value is -4.45. The monoisotopic (exact) mass is 558 g/mol. The van der Waals surface area contributed by atoms with Crippen LogP contribution in [0.1, 0.15) is 53.5 Å². The fourth-order valence-electron chi connectivity index (χ4n) is 3.95. The third-order valence-corrected chi connectivity index (χ3v) is 5.73. The fraction of sp³-hybridized carbons (Fsp3) is 0.393. The highest BCUT2D eigenvalue weighted by atomic mass is 16.7. The summed E-state index contributed by atoms with van der Waals surface area (Å²) in [5.41, 5.74) is 1.18. The Kier molecular flexibility index (Phi) is 10.6. The van der Waals surface area contributed by atoms with E-state index in [1.54, 1.807) is 36.4 Å². The van der Waals surface area contributed by atoms with Crippen LogP contribution in [0.25, 0.3) is 0 Å². The highest BCUT2D eigenvalue weighted by Gasteiger charge is 2.44. The summed E-state index contributed by atoms with van der Waals surface area (Å²) in [4.78, 5) is 58.5. The summed E-state index contributed by atoms with van der Waals surface area (Å²) in [7, 11) is 1.29. The number of esters is 4. The van der Waals surface area contributed by atoms with E-state index in [1.807, 2.05) is 0 Å². The van der Waals surface area contributed by atoms with Crippen molar-refractivity contribution in [2.45, 2.75) is 58.4 Å². The molecule has 4 atom stereocenters. The fourth-order valence-corrected chi connectivity index (χ4v) is 3.95. The van der Waals surface area contributed by atoms with Crippen molar-refractivity contribution in [2.24, 2.45) is 0 Å². The van der Waals surface area contributed by atoms with Gasteiger partial charge in [-0.1, -0.05) is 18.2 Å². The van der Waals surface area contributed by atoms with Crippen LogP contribution >= 0.6 is 0 Å². The van der Waals surface area contributed by atoms with Crippen molar-refractivity contribution in [3.8, 4) is 11.5 Å².